The van der Waals surface area contributed by atoms with Crippen molar-refractivity contribution < 1.29 is 45.4 Å². The molecule has 1 atom stereocenters. The molecule has 0 spiro atoms. The highest BCUT2D eigenvalue weighted by atomic mass is 19.4. The molecule has 0 saturated carbocycles. The predicted molar refractivity (Wildman–Crippen MR) is 118 cm³/mol. The third kappa shape index (κ3) is 6.77. The van der Waals surface area contributed by atoms with Crippen LogP contribution < -0.4 is 4.74 Å². The van der Waals surface area contributed by atoms with Crippen LogP contribution in [0.25, 0.3) is 11.1 Å². The lowest BCUT2D eigenvalue weighted by Crippen LogP contribution is -2.14. The number of halogens is 7. The van der Waals surface area contributed by atoms with Gasteiger partial charge in [0.2, 0.25) is 0 Å². The van der Waals surface area contributed by atoms with Gasteiger partial charge in [-0.1, -0.05) is 26.0 Å². The minimum atomic E-state index is -4.84. The van der Waals surface area contributed by atoms with Crippen LogP contribution in [-0.2, 0) is 17.1 Å². The Hall–Kier alpha value is -3.56. The van der Waals surface area contributed by atoms with Gasteiger partial charge in [-0.3, -0.25) is 4.79 Å². The van der Waals surface area contributed by atoms with Crippen molar-refractivity contribution in [2.75, 3.05) is 0 Å². The van der Waals surface area contributed by atoms with Crippen LogP contribution in [0.15, 0.2) is 60.7 Å². The van der Waals surface area contributed by atoms with Crippen LogP contribution in [-0.4, -0.2) is 11.1 Å². The molecule has 3 aromatic rings. The number of carbonyl (C=O) groups is 1. The molecule has 0 aliphatic carbocycles. The van der Waals surface area contributed by atoms with Gasteiger partial charge >= 0.3 is 18.3 Å². The first-order valence-corrected chi connectivity index (χ1v) is 10.7. The van der Waals surface area contributed by atoms with Gasteiger partial charge in [0.15, 0.2) is 0 Å². The average Bonchev–Trinajstić information content (AvgIpc) is 2.75. The minimum absolute atomic E-state index is 0.00878. The molecule has 0 bridgehead atoms. The Morgan fingerprint density at radius 3 is 2.06 bits per heavy atom. The second-order valence-corrected chi connectivity index (χ2v) is 8.67. The Labute approximate surface area is 202 Å². The van der Waals surface area contributed by atoms with E-state index in [0.29, 0.717) is 12.1 Å². The van der Waals surface area contributed by atoms with E-state index in [2.05, 4.69) is 0 Å². The van der Waals surface area contributed by atoms with E-state index in [-0.39, 0.29) is 40.5 Å². The lowest BCUT2D eigenvalue weighted by molar-refractivity contribution is -0.139. The molecule has 3 aromatic carbocycles. The first-order valence-electron chi connectivity index (χ1n) is 10.7. The van der Waals surface area contributed by atoms with Gasteiger partial charge in [-0.2, -0.15) is 26.3 Å². The smallest absolute Gasteiger partial charge is 0.416 e. The molecular formula is C26H21F7O3. The normalized spacial score (nSPS) is 13.1. The Morgan fingerprint density at radius 2 is 1.47 bits per heavy atom. The third-order valence-electron chi connectivity index (χ3n) is 5.29. The van der Waals surface area contributed by atoms with E-state index < -0.39 is 41.2 Å². The summed E-state index contributed by atoms with van der Waals surface area (Å²) in [7, 11) is 0. The van der Waals surface area contributed by atoms with E-state index in [1.54, 1.807) is 13.8 Å². The van der Waals surface area contributed by atoms with Crippen LogP contribution in [0, 0.1) is 11.7 Å². The zero-order valence-electron chi connectivity index (χ0n) is 19.0. The molecule has 0 aliphatic heterocycles. The maximum absolute atomic E-state index is 14.1. The maximum Gasteiger partial charge on any atom is 0.416 e. The fourth-order valence-corrected chi connectivity index (χ4v) is 3.69. The summed E-state index contributed by atoms with van der Waals surface area (Å²) in [4.78, 5) is 12.0. The highest BCUT2D eigenvalue weighted by Gasteiger charge is 2.32. The van der Waals surface area contributed by atoms with E-state index in [9.17, 15) is 40.6 Å². The van der Waals surface area contributed by atoms with Crippen LogP contribution in [0.4, 0.5) is 30.7 Å². The molecule has 0 saturated heterocycles. The first-order chi connectivity index (χ1) is 16.6. The van der Waals surface area contributed by atoms with Crippen molar-refractivity contribution in [2.24, 2.45) is 5.92 Å². The molecule has 3 nitrogen and oxygen atoms in total. The van der Waals surface area contributed by atoms with E-state index in [1.165, 1.54) is 24.3 Å². The second kappa shape index (κ2) is 10.2. The molecule has 0 aromatic heterocycles. The van der Waals surface area contributed by atoms with Crippen molar-refractivity contribution >= 4 is 5.97 Å². The summed E-state index contributed by atoms with van der Waals surface area (Å²) in [6.07, 6.45) is -9.32. The number of carboxylic acid groups (broad SMARTS) is 1. The fourth-order valence-electron chi connectivity index (χ4n) is 3.69. The number of benzene rings is 3. The van der Waals surface area contributed by atoms with E-state index in [0.717, 1.165) is 24.3 Å². The quantitative estimate of drug-likeness (QED) is 0.322. The van der Waals surface area contributed by atoms with Crippen molar-refractivity contribution in [1.29, 1.82) is 0 Å². The number of rotatable bonds is 7. The van der Waals surface area contributed by atoms with Crippen molar-refractivity contribution in [1.82, 2.24) is 0 Å². The van der Waals surface area contributed by atoms with Crippen LogP contribution in [0.1, 0.15) is 42.9 Å². The average molecular weight is 514 g/mol. The number of alkyl halides is 6. The first kappa shape index (κ1) is 27.0. The van der Waals surface area contributed by atoms with Crippen LogP contribution in [0.2, 0.25) is 0 Å². The Bertz CT molecular complexity index is 1250. The summed E-state index contributed by atoms with van der Waals surface area (Å²) >= 11 is 0. The van der Waals surface area contributed by atoms with E-state index in [4.69, 9.17) is 4.74 Å². The number of ether oxygens (including phenoxy) is 1. The van der Waals surface area contributed by atoms with Gasteiger partial charge < -0.3 is 9.84 Å². The SMILES string of the molecule is CC(C)CC(C(=O)O)c1cc(Oc2cccc(C(F)(F)F)c2)cc(-c2cc(F)cc(C(F)(F)F)c2)c1. The van der Waals surface area contributed by atoms with Gasteiger partial charge in [0.1, 0.15) is 17.3 Å². The van der Waals surface area contributed by atoms with Crippen molar-refractivity contribution in [3.8, 4) is 22.6 Å². The minimum Gasteiger partial charge on any atom is -0.481 e. The molecule has 0 amide bonds. The molecule has 0 fully saturated rings. The molecule has 10 heteroatoms. The molecule has 1 N–H and O–H groups in total. The summed E-state index contributed by atoms with van der Waals surface area (Å²) in [6, 6.07) is 9.64. The highest BCUT2D eigenvalue weighted by Crippen LogP contribution is 2.38. The summed E-state index contributed by atoms with van der Waals surface area (Å²) in [5.41, 5.74) is -2.28. The van der Waals surface area contributed by atoms with Gasteiger partial charge in [0.05, 0.1) is 17.0 Å². The number of aliphatic carboxylic acids is 1. The largest absolute Gasteiger partial charge is 0.481 e. The highest BCUT2D eigenvalue weighted by molar-refractivity contribution is 5.78. The molecular weight excluding hydrogens is 493 g/mol. The topological polar surface area (TPSA) is 46.5 Å². The monoisotopic (exact) mass is 514 g/mol. The van der Waals surface area contributed by atoms with Gasteiger partial charge in [-0.15, -0.1) is 0 Å². The Morgan fingerprint density at radius 1 is 0.833 bits per heavy atom. The second-order valence-electron chi connectivity index (χ2n) is 8.67. The molecule has 3 rings (SSSR count). The number of carboxylic acids is 1. The Kier molecular flexibility index (Phi) is 7.66. The van der Waals surface area contributed by atoms with E-state index in [1.807, 2.05) is 0 Å². The standard InChI is InChI=1S/C26H21F7O3/c1-14(2)6-23(24(34)35)17-7-15(16-8-19(26(31,32)33)12-20(27)9-16)10-22(11-17)36-21-5-3-4-18(13-21)25(28,29)30/h3-5,7-14,23H,6H2,1-2H3,(H,34,35). The third-order valence-corrected chi connectivity index (χ3v) is 5.29. The van der Waals surface area contributed by atoms with Crippen molar-refractivity contribution in [3.63, 3.8) is 0 Å². The van der Waals surface area contributed by atoms with Gasteiger partial charge in [0, 0.05) is 0 Å². The molecule has 0 aliphatic rings. The summed E-state index contributed by atoms with van der Waals surface area (Å²) in [5.74, 6) is -3.88. The molecule has 0 radical (unpaired) electrons. The summed E-state index contributed by atoms with van der Waals surface area (Å²) < 4.78 is 98.7. The summed E-state index contributed by atoms with van der Waals surface area (Å²) in [5, 5.41) is 9.76. The van der Waals surface area contributed by atoms with Crippen LogP contribution in [0.5, 0.6) is 11.5 Å². The molecule has 1 unspecified atom stereocenters. The number of hydrogen-bond donors (Lipinski definition) is 1. The molecule has 0 heterocycles. The maximum atomic E-state index is 14.1. The van der Waals surface area contributed by atoms with E-state index >= 15 is 0 Å². The Balaban J connectivity index is 2.17. The van der Waals surface area contributed by atoms with Crippen molar-refractivity contribution in [2.45, 2.75) is 38.5 Å². The zero-order chi connectivity index (χ0) is 26.8. The lowest BCUT2D eigenvalue weighted by atomic mass is 9.88. The van der Waals surface area contributed by atoms with Crippen LogP contribution >= 0.6 is 0 Å². The van der Waals surface area contributed by atoms with Gasteiger partial charge in [-0.25, -0.2) is 4.39 Å². The molecule has 36 heavy (non-hydrogen) atoms. The van der Waals surface area contributed by atoms with Gasteiger partial charge in [-0.05, 0) is 77.6 Å². The fraction of sp³-hybridized carbons (Fsp3) is 0.269. The van der Waals surface area contributed by atoms with Crippen LogP contribution in [0.3, 0.4) is 0 Å². The molecule has 192 valence electrons. The van der Waals surface area contributed by atoms with Gasteiger partial charge in [0.25, 0.3) is 0 Å². The summed E-state index contributed by atoms with van der Waals surface area (Å²) in [6.45, 7) is 3.56. The lowest BCUT2D eigenvalue weighted by Gasteiger charge is -2.19. The zero-order valence-corrected chi connectivity index (χ0v) is 19.0. The number of hydrogen-bond acceptors (Lipinski definition) is 2. The van der Waals surface area contributed by atoms with Crippen molar-refractivity contribution in [3.05, 3.63) is 83.2 Å². The predicted octanol–water partition coefficient (Wildman–Crippen LogP) is 8.54.